The summed E-state index contributed by atoms with van der Waals surface area (Å²) < 4.78 is 6.85. The second-order valence-electron chi connectivity index (χ2n) is 13.6. The maximum atomic E-state index is 13.4. The smallest absolute Gasteiger partial charge is 0.345 e. The number of hydrogen-bond acceptors (Lipinski definition) is 8. The Bertz CT molecular complexity index is 1780. The van der Waals surface area contributed by atoms with Crippen molar-refractivity contribution in [2.45, 2.75) is 62.6 Å². The van der Waals surface area contributed by atoms with E-state index >= 15 is 0 Å². The molecule has 2 aromatic carbocycles. The number of amides is 3. The SMILES string of the molecule is C[C@@H](CC1(c2nc(=O)on2C)c2ccc(C(=O)N(C)C)cc2CCc2cc(C(=O)N(C)C)ccc21)NCC(=O)N1C(C#N)C[C@@H]2C[C@@H]21. The number of likely N-dealkylation sites (tertiary alicyclic amines) is 1. The zero-order chi connectivity index (χ0) is 33.8. The Morgan fingerprint density at radius 2 is 1.60 bits per heavy atom. The molecule has 47 heavy (non-hydrogen) atoms. The van der Waals surface area contributed by atoms with Gasteiger partial charge in [0.2, 0.25) is 5.91 Å². The third-order valence-electron chi connectivity index (χ3n) is 9.95. The Labute approximate surface area is 273 Å². The third kappa shape index (κ3) is 5.63. The molecule has 2 aliphatic carbocycles. The number of hydrogen-bond donors (Lipinski definition) is 1. The van der Waals surface area contributed by atoms with E-state index in [4.69, 9.17) is 4.52 Å². The van der Waals surface area contributed by atoms with E-state index in [1.54, 1.807) is 52.3 Å². The van der Waals surface area contributed by atoms with Crippen molar-refractivity contribution in [1.82, 2.24) is 29.7 Å². The van der Waals surface area contributed by atoms with Crippen LogP contribution in [0.25, 0.3) is 0 Å². The van der Waals surface area contributed by atoms with E-state index in [0.717, 1.165) is 35.1 Å². The minimum atomic E-state index is -1.05. The fraction of sp³-hybridized carbons (Fsp3) is 0.486. The number of aromatic nitrogens is 2. The van der Waals surface area contributed by atoms with Crippen LogP contribution in [-0.2, 0) is 30.1 Å². The highest BCUT2D eigenvalue weighted by molar-refractivity contribution is 5.95. The molecule has 0 bridgehead atoms. The topological polar surface area (TPSA) is 145 Å². The van der Waals surface area contributed by atoms with E-state index < -0.39 is 17.2 Å². The lowest BCUT2D eigenvalue weighted by atomic mass is 9.67. The number of carbonyl (C=O) groups excluding carboxylic acids is 3. The Balaban J connectivity index is 1.47. The highest BCUT2D eigenvalue weighted by Gasteiger charge is 2.54. The van der Waals surface area contributed by atoms with Crippen molar-refractivity contribution in [3.05, 3.63) is 86.2 Å². The largest absolute Gasteiger partial charge is 0.459 e. The number of aryl methyl sites for hydroxylation is 3. The van der Waals surface area contributed by atoms with Gasteiger partial charge in [0.15, 0.2) is 5.82 Å². The molecule has 3 aliphatic rings. The number of rotatable bonds is 8. The molecule has 12 heteroatoms. The van der Waals surface area contributed by atoms with Crippen LogP contribution in [-0.4, -0.2) is 95.0 Å². The van der Waals surface area contributed by atoms with Crippen molar-refractivity contribution in [3.63, 3.8) is 0 Å². The van der Waals surface area contributed by atoms with Gasteiger partial charge in [0.1, 0.15) is 6.04 Å². The van der Waals surface area contributed by atoms with Crippen LogP contribution in [0.5, 0.6) is 0 Å². The molecule has 1 aromatic heterocycles. The number of nitriles is 1. The van der Waals surface area contributed by atoms with Crippen molar-refractivity contribution < 1.29 is 18.9 Å². The van der Waals surface area contributed by atoms with Gasteiger partial charge in [-0.05, 0) is 91.5 Å². The molecule has 4 atom stereocenters. The second-order valence-corrected chi connectivity index (χ2v) is 13.6. The summed E-state index contributed by atoms with van der Waals surface area (Å²) in [5.74, 6) is -0.287. The van der Waals surface area contributed by atoms with Crippen LogP contribution in [0.2, 0.25) is 0 Å². The summed E-state index contributed by atoms with van der Waals surface area (Å²) >= 11 is 0. The molecule has 3 aromatic rings. The predicted octanol–water partition coefficient (Wildman–Crippen LogP) is 2.09. The summed E-state index contributed by atoms with van der Waals surface area (Å²) in [7, 11) is 8.49. The van der Waals surface area contributed by atoms with Crippen molar-refractivity contribution in [2.24, 2.45) is 13.0 Å². The van der Waals surface area contributed by atoms with Crippen molar-refractivity contribution >= 4 is 17.7 Å². The van der Waals surface area contributed by atoms with Crippen LogP contribution in [0.1, 0.15) is 75.0 Å². The Morgan fingerprint density at radius 1 is 1.02 bits per heavy atom. The Morgan fingerprint density at radius 3 is 2.09 bits per heavy atom. The highest BCUT2D eigenvalue weighted by Crippen LogP contribution is 2.49. The van der Waals surface area contributed by atoms with Crippen LogP contribution in [0.4, 0.5) is 0 Å². The predicted molar refractivity (Wildman–Crippen MR) is 173 cm³/mol. The molecule has 246 valence electrons. The summed E-state index contributed by atoms with van der Waals surface area (Å²) in [5, 5.41) is 13.0. The van der Waals surface area contributed by atoms with Gasteiger partial charge >= 0.3 is 5.76 Å². The van der Waals surface area contributed by atoms with E-state index in [2.05, 4.69) is 16.4 Å². The molecule has 0 spiro atoms. The Hall–Kier alpha value is -4.76. The van der Waals surface area contributed by atoms with Gasteiger partial charge in [0.05, 0.1) is 18.0 Å². The summed E-state index contributed by atoms with van der Waals surface area (Å²) in [6.45, 7) is 2.04. The summed E-state index contributed by atoms with van der Waals surface area (Å²) in [5.41, 5.74) is 3.60. The fourth-order valence-corrected chi connectivity index (χ4v) is 7.70. The standard InChI is InChI=1S/C35H41N7O5/c1-20(37-19-30(43)42-26(18-36)15-25-16-29(25)42)17-35(33-38-34(46)47-41(33)6)27-11-9-23(31(44)39(2)3)13-21(27)7-8-22-14-24(10-12-28(22)35)32(45)40(4)5/h9-14,20,25-26,29,37H,7-8,15-17,19H2,1-6H3/t20-,25+,26?,29-/m0/s1. The van der Waals surface area contributed by atoms with Crippen LogP contribution in [0, 0.1) is 17.2 Å². The van der Waals surface area contributed by atoms with Crippen LogP contribution in [0.15, 0.2) is 45.7 Å². The quantitative estimate of drug-likeness (QED) is 0.395. The average Bonchev–Trinajstić information content (AvgIpc) is 3.61. The van der Waals surface area contributed by atoms with E-state index in [0.29, 0.717) is 42.1 Å². The van der Waals surface area contributed by atoms with Gasteiger partial charge in [-0.25, -0.2) is 4.79 Å². The van der Waals surface area contributed by atoms with Gasteiger partial charge in [0, 0.05) is 58.4 Å². The minimum Gasteiger partial charge on any atom is -0.345 e. The lowest BCUT2D eigenvalue weighted by Gasteiger charge is -2.38. The molecule has 1 saturated heterocycles. The van der Waals surface area contributed by atoms with Gasteiger partial charge in [-0.3, -0.25) is 14.4 Å². The summed E-state index contributed by atoms with van der Waals surface area (Å²) in [4.78, 5) is 61.4. The molecule has 1 saturated carbocycles. The highest BCUT2D eigenvalue weighted by atomic mass is 16.5. The van der Waals surface area contributed by atoms with Gasteiger partial charge in [-0.1, -0.05) is 12.1 Å². The molecule has 2 fully saturated rings. The zero-order valence-corrected chi connectivity index (χ0v) is 27.7. The number of fused-ring (bicyclic) bond motifs is 3. The van der Waals surface area contributed by atoms with Crippen molar-refractivity contribution in [1.29, 1.82) is 5.26 Å². The first-order chi connectivity index (χ1) is 22.3. The van der Waals surface area contributed by atoms with Gasteiger partial charge in [0.25, 0.3) is 11.8 Å². The number of carbonyl (C=O) groups is 3. The monoisotopic (exact) mass is 639 g/mol. The average molecular weight is 640 g/mol. The van der Waals surface area contributed by atoms with Gasteiger partial charge in [-0.2, -0.15) is 15.0 Å². The molecule has 1 aliphatic heterocycles. The molecule has 12 nitrogen and oxygen atoms in total. The number of nitrogens with zero attached hydrogens (tertiary/aromatic N) is 6. The van der Waals surface area contributed by atoms with E-state index in [1.165, 1.54) is 14.5 Å². The maximum Gasteiger partial charge on any atom is 0.459 e. The van der Waals surface area contributed by atoms with Crippen LogP contribution < -0.4 is 11.1 Å². The number of benzene rings is 2. The third-order valence-corrected chi connectivity index (χ3v) is 9.95. The lowest BCUT2D eigenvalue weighted by Crippen LogP contribution is -2.46. The molecule has 3 amide bonds. The minimum absolute atomic E-state index is 0.0582. The fourth-order valence-electron chi connectivity index (χ4n) is 7.70. The number of nitrogens with one attached hydrogen (secondary N) is 1. The lowest BCUT2D eigenvalue weighted by molar-refractivity contribution is -0.131. The summed E-state index contributed by atoms with van der Waals surface area (Å²) in [6.07, 6.45) is 3.22. The van der Waals surface area contributed by atoms with E-state index in [1.807, 2.05) is 31.2 Å². The molecule has 0 radical (unpaired) electrons. The molecular formula is C35H41N7O5. The molecule has 1 N–H and O–H groups in total. The first-order valence-corrected chi connectivity index (χ1v) is 16.0. The van der Waals surface area contributed by atoms with Gasteiger partial charge < -0.3 is 24.5 Å². The van der Waals surface area contributed by atoms with Crippen LogP contribution >= 0.6 is 0 Å². The molecule has 6 rings (SSSR count). The normalized spacial score (nSPS) is 21.0. The molecular weight excluding hydrogens is 598 g/mol. The molecule has 2 heterocycles. The number of piperidine rings is 1. The second kappa shape index (κ2) is 12.1. The van der Waals surface area contributed by atoms with E-state index in [9.17, 15) is 24.4 Å². The van der Waals surface area contributed by atoms with Gasteiger partial charge in [-0.15, -0.1) is 0 Å². The summed E-state index contributed by atoms with van der Waals surface area (Å²) in [6, 6.07) is 13.0. The zero-order valence-electron chi connectivity index (χ0n) is 27.7. The van der Waals surface area contributed by atoms with Crippen LogP contribution in [0.3, 0.4) is 0 Å². The van der Waals surface area contributed by atoms with E-state index in [-0.39, 0.29) is 36.3 Å². The molecule has 1 unspecified atom stereocenters. The maximum absolute atomic E-state index is 13.4. The first-order valence-electron chi connectivity index (χ1n) is 16.0. The van der Waals surface area contributed by atoms with Crippen molar-refractivity contribution in [2.75, 3.05) is 34.7 Å². The first kappa shape index (κ1) is 32.2. The van der Waals surface area contributed by atoms with Crippen molar-refractivity contribution in [3.8, 4) is 6.07 Å². The Kier molecular flexibility index (Phi) is 8.30.